The van der Waals surface area contributed by atoms with E-state index in [2.05, 4.69) is 0 Å². The largest absolute Gasteiger partial charge is 0.366 e. The summed E-state index contributed by atoms with van der Waals surface area (Å²) in [5.74, 6) is -0.912. The molecule has 2 aromatic carbocycles. The maximum atomic E-state index is 13.0. The van der Waals surface area contributed by atoms with Gasteiger partial charge in [0.25, 0.3) is 0 Å². The van der Waals surface area contributed by atoms with Gasteiger partial charge in [-0.2, -0.15) is 0 Å². The Morgan fingerprint density at radius 3 is 1.36 bits per heavy atom. The number of Topliss-reactive ketones (excluding diaryl/α,β-unsaturated/α-hetero) is 1. The van der Waals surface area contributed by atoms with E-state index in [1.807, 2.05) is 12.2 Å². The molecule has 2 amide bonds. The summed E-state index contributed by atoms with van der Waals surface area (Å²) in [5, 5.41) is 0. The third-order valence-electron chi connectivity index (χ3n) is 4.80. The SMILES string of the molecule is NC(=O)c1ccc(/C=C2\CCCC/C(=C\c3ccc(C(N)=O)cc3)C2=O)cc1. The lowest BCUT2D eigenvalue weighted by atomic mass is 9.97. The molecule has 0 heterocycles. The highest BCUT2D eigenvalue weighted by Gasteiger charge is 2.19. The van der Waals surface area contributed by atoms with Crippen LogP contribution in [0.1, 0.15) is 57.5 Å². The average molecular weight is 374 g/mol. The van der Waals surface area contributed by atoms with Crippen molar-refractivity contribution in [3.8, 4) is 0 Å². The Morgan fingerprint density at radius 2 is 1.04 bits per heavy atom. The number of nitrogens with two attached hydrogens (primary N) is 2. The third kappa shape index (κ3) is 4.62. The Hall–Kier alpha value is -3.47. The van der Waals surface area contributed by atoms with Gasteiger partial charge >= 0.3 is 0 Å². The fraction of sp³-hybridized carbons (Fsp3) is 0.174. The predicted molar refractivity (Wildman–Crippen MR) is 109 cm³/mol. The van der Waals surface area contributed by atoms with Crippen LogP contribution in [0.2, 0.25) is 0 Å². The van der Waals surface area contributed by atoms with Crippen molar-refractivity contribution in [3.05, 3.63) is 81.9 Å². The van der Waals surface area contributed by atoms with E-state index < -0.39 is 11.8 Å². The molecule has 0 atom stereocenters. The topological polar surface area (TPSA) is 103 Å². The Bertz CT molecular complexity index is 888. The summed E-state index contributed by atoms with van der Waals surface area (Å²) in [7, 11) is 0. The van der Waals surface area contributed by atoms with Crippen LogP contribution < -0.4 is 11.5 Å². The van der Waals surface area contributed by atoms with Gasteiger partial charge in [-0.1, -0.05) is 24.3 Å². The maximum absolute atomic E-state index is 13.0. The first-order valence-corrected chi connectivity index (χ1v) is 9.19. The zero-order chi connectivity index (χ0) is 20.1. The number of carbonyl (C=O) groups excluding carboxylic acids is 3. The van der Waals surface area contributed by atoms with Crippen LogP contribution in [0.25, 0.3) is 12.2 Å². The number of benzene rings is 2. The molecular weight excluding hydrogens is 352 g/mol. The summed E-state index contributed by atoms with van der Waals surface area (Å²) < 4.78 is 0. The van der Waals surface area contributed by atoms with Crippen molar-refractivity contribution >= 4 is 29.7 Å². The van der Waals surface area contributed by atoms with Gasteiger partial charge in [-0.3, -0.25) is 14.4 Å². The van der Waals surface area contributed by atoms with Gasteiger partial charge < -0.3 is 11.5 Å². The van der Waals surface area contributed by atoms with E-state index in [4.69, 9.17) is 11.5 Å². The first kappa shape index (κ1) is 19.3. The number of rotatable bonds is 4. The molecule has 5 nitrogen and oxygen atoms in total. The predicted octanol–water partition coefficient (Wildman–Crippen LogP) is 3.49. The zero-order valence-corrected chi connectivity index (χ0v) is 15.5. The van der Waals surface area contributed by atoms with E-state index in [0.29, 0.717) is 24.0 Å². The van der Waals surface area contributed by atoms with Gasteiger partial charge in [-0.15, -0.1) is 0 Å². The van der Waals surface area contributed by atoms with Crippen molar-refractivity contribution < 1.29 is 14.4 Å². The van der Waals surface area contributed by atoms with Crippen molar-refractivity contribution in [2.24, 2.45) is 11.5 Å². The molecule has 3 rings (SSSR count). The number of allylic oxidation sites excluding steroid dienone is 2. The molecular formula is C23H22N2O3. The molecule has 0 aromatic heterocycles. The second-order valence-electron chi connectivity index (χ2n) is 6.85. The van der Waals surface area contributed by atoms with E-state index in [1.54, 1.807) is 48.5 Å². The van der Waals surface area contributed by atoms with Crippen molar-refractivity contribution in [1.82, 2.24) is 0 Å². The van der Waals surface area contributed by atoms with Gasteiger partial charge in [0, 0.05) is 22.3 Å². The minimum Gasteiger partial charge on any atom is -0.366 e. The third-order valence-corrected chi connectivity index (χ3v) is 4.80. The average Bonchev–Trinajstić information content (AvgIpc) is 2.85. The molecule has 0 unspecified atom stereocenters. The first-order valence-electron chi connectivity index (χ1n) is 9.19. The highest BCUT2D eigenvalue weighted by Crippen LogP contribution is 2.27. The highest BCUT2D eigenvalue weighted by molar-refractivity contribution is 6.13. The number of amides is 2. The summed E-state index contributed by atoms with van der Waals surface area (Å²) in [6.45, 7) is 0. The number of ketones is 1. The Labute approximate surface area is 163 Å². The van der Waals surface area contributed by atoms with Gasteiger partial charge in [0.15, 0.2) is 5.78 Å². The molecule has 28 heavy (non-hydrogen) atoms. The first-order chi connectivity index (χ1) is 13.4. The number of hydrogen-bond acceptors (Lipinski definition) is 3. The molecule has 142 valence electrons. The Kier molecular flexibility index (Phi) is 5.84. The molecule has 0 saturated heterocycles. The van der Waals surface area contributed by atoms with Crippen LogP contribution in [0, 0.1) is 0 Å². The normalized spacial score (nSPS) is 17.5. The molecule has 2 aromatic rings. The molecule has 0 bridgehead atoms. The molecule has 1 fully saturated rings. The summed E-state index contributed by atoms with van der Waals surface area (Å²) in [6.07, 6.45) is 7.07. The fourth-order valence-electron chi connectivity index (χ4n) is 3.23. The van der Waals surface area contributed by atoms with Crippen LogP contribution in [0.15, 0.2) is 59.7 Å². The van der Waals surface area contributed by atoms with Gasteiger partial charge in [-0.25, -0.2) is 0 Å². The van der Waals surface area contributed by atoms with Gasteiger partial charge in [-0.05, 0) is 73.2 Å². The van der Waals surface area contributed by atoms with Crippen LogP contribution >= 0.6 is 0 Å². The smallest absolute Gasteiger partial charge is 0.248 e. The molecule has 4 N–H and O–H groups in total. The van der Waals surface area contributed by atoms with E-state index in [-0.39, 0.29) is 5.78 Å². The van der Waals surface area contributed by atoms with E-state index >= 15 is 0 Å². The lowest BCUT2D eigenvalue weighted by molar-refractivity contribution is -0.112. The van der Waals surface area contributed by atoms with Crippen LogP contribution in [0.5, 0.6) is 0 Å². The monoisotopic (exact) mass is 374 g/mol. The second-order valence-corrected chi connectivity index (χ2v) is 6.85. The Balaban J connectivity index is 1.86. The Morgan fingerprint density at radius 1 is 0.679 bits per heavy atom. The maximum Gasteiger partial charge on any atom is 0.248 e. The number of carbonyl (C=O) groups is 3. The van der Waals surface area contributed by atoms with Crippen LogP contribution in [0.3, 0.4) is 0 Å². The molecule has 0 radical (unpaired) electrons. The van der Waals surface area contributed by atoms with E-state index in [9.17, 15) is 14.4 Å². The van der Waals surface area contributed by atoms with Crippen molar-refractivity contribution in [3.63, 3.8) is 0 Å². The number of hydrogen-bond donors (Lipinski definition) is 2. The molecule has 0 aliphatic heterocycles. The molecule has 1 aliphatic rings. The standard InChI is InChI=1S/C23H22N2O3/c24-22(27)17-9-5-15(6-10-17)13-19-3-1-2-4-20(21(19)26)14-16-7-11-18(12-8-16)23(25)28/h5-14H,1-4H2,(H2,24,27)(H2,25,28)/b19-13+,20-14+. The van der Waals surface area contributed by atoms with Gasteiger partial charge in [0.05, 0.1) is 0 Å². The summed E-state index contributed by atoms with van der Waals surface area (Å²) >= 11 is 0. The number of primary amides is 2. The van der Waals surface area contributed by atoms with Crippen molar-refractivity contribution in [1.29, 1.82) is 0 Å². The summed E-state index contributed by atoms with van der Waals surface area (Å²) in [6, 6.07) is 13.8. The van der Waals surface area contributed by atoms with E-state index in [0.717, 1.165) is 35.1 Å². The molecule has 5 heteroatoms. The zero-order valence-electron chi connectivity index (χ0n) is 15.5. The van der Waals surface area contributed by atoms with Gasteiger partial charge in [0.2, 0.25) is 11.8 Å². The van der Waals surface area contributed by atoms with Crippen molar-refractivity contribution in [2.75, 3.05) is 0 Å². The second kappa shape index (κ2) is 8.48. The van der Waals surface area contributed by atoms with Crippen LogP contribution in [0.4, 0.5) is 0 Å². The molecule has 0 spiro atoms. The summed E-state index contributed by atoms with van der Waals surface area (Å²) in [4.78, 5) is 35.4. The lowest BCUT2D eigenvalue weighted by Crippen LogP contribution is -2.10. The fourth-order valence-corrected chi connectivity index (χ4v) is 3.23. The van der Waals surface area contributed by atoms with Crippen LogP contribution in [-0.2, 0) is 4.79 Å². The quantitative estimate of drug-likeness (QED) is 0.632. The molecule has 1 saturated carbocycles. The van der Waals surface area contributed by atoms with Crippen LogP contribution in [-0.4, -0.2) is 17.6 Å². The lowest BCUT2D eigenvalue weighted by Gasteiger charge is -2.06. The minimum absolute atomic E-state index is 0.0375. The highest BCUT2D eigenvalue weighted by atomic mass is 16.1. The van der Waals surface area contributed by atoms with Gasteiger partial charge in [0.1, 0.15) is 0 Å². The minimum atomic E-state index is -0.475. The molecule has 1 aliphatic carbocycles. The van der Waals surface area contributed by atoms with E-state index in [1.165, 1.54) is 0 Å². The summed E-state index contributed by atoms with van der Waals surface area (Å²) in [5.41, 5.74) is 14.6. The van der Waals surface area contributed by atoms with Crippen molar-refractivity contribution in [2.45, 2.75) is 25.7 Å².